The quantitative estimate of drug-likeness (QED) is 0.299. The Morgan fingerprint density at radius 3 is 2.06 bits per heavy atom. The number of carboxylic acid groups (broad SMARTS) is 1. The normalized spacial score (nSPS) is 13.5. The summed E-state index contributed by atoms with van der Waals surface area (Å²) in [5.74, 6) is -4.35. The molecule has 0 saturated heterocycles. The molecular weight excluding hydrogens is 466 g/mol. The van der Waals surface area contributed by atoms with E-state index in [1.807, 2.05) is 0 Å². The summed E-state index contributed by atoms with van der Waals surface area (Å²) in [5.41, 5.74) is -0.664. The summed E-state index contributed by atoms with van der Waals surface area (Å²) in [6.45, 7) is -1.90. The second-order valence-electron chi connectivity index (χ2n) is 5.97. The van der Waals surface area contributed by atoms with Crippen LogP contribution in [-0.2, 0) is 36.6 Å². The third kappa shape index (κ3) is 9.63. The Morgan fingerprint density at radius 2 is 1.71 bits per heavy atom. The average Bonchev–Trinajstić information content (AvgIpc) is 3.48. The zero-order chi connectivity index (χ0) is 24.0. The summed E-state index contributed by atoms with van der Waals surface area (Å²) in [6.07, 6.45) is -7.05. The molecule has 0 aromatic carbocycles. The maximum atomic E-state index is 12.4. The number of halogens is 7. The van der Waals surface area contributed by atoms with Crippen molar-refractivity contribution < 1.29 is 55.4 Å². The summed E-state index contributed by atoms with van der Waals surface area (Å²) in [5, 5.41) is 7.12. The SMILES string of the molecule is O=C(Cl)C(=O)OCC(F)(F)F.O=C(O)C(=O)N(Cc1ccc(C(F)(F)F)cn1)C1CC1. The van der Waals surface area contributed by atoms with Gasteiger partial charge in [0.2, 0.25) is 0 Å². The minimum absolute atomic E-state index is 0.103. The molecule has 1 heterocycles. The Bertz CT molecular complexity index is 823. The standard InChI is InChI=1S/C12H11F3N2O3.C4H2ClF3O3/c13-12(14,15)7-1-2-8(16-5-7)6-17(9-3-4-9)10(18)11(19)20;5-2(9)3(10)11-1-4(6,7)8/h1-2,5,9H,3-4,6H2,(H,19,20);1H2. The van der Waals surface area contributed by atoms with Crippen molar-refractivity contribution in [3.05, 3.63) is 29.6 Å². The predicted molar refractivity (Wildman–Crippen MR) is 88.3 cm³/mol. The van der Waals surface area contributed by atoms with E-state index in [9.17, 15) is 45.5 Å². The van der Waals surface area contributed by atoms with E-state index in [1.165, 1.54) is 0 Å². The van der Waals surface area contributed by atoms with Crippen LogP contribution in [0.25, 0.3) is 0 Å². The molecule has 0 atom stereocenters. The lowest BCUT2D eigenvalue weighted by Gasteiger charge is -2.19. The van der Waals surface area contributed by atoms with Crippen LogP contribution in [0.4, 0.5) is 26.3 Å². The van der Waals surface area contributed by atoms with Crippen molar-refractivity contribution in [1.29, 1.82) is 0 Å². The van der Waals surface area contributed by atoms with Gasteiger partial charge in [0.15, 0.2) is 6.61 Å². The third-order valence-corrected chi connectivity index (χ3v) is 3.60. The zero-order valence-corrected chi connectivity index (χ0v) is 15.9. The van der Waals surface area contributed by atoms with Gasteiger partial charge < -0.3 is 14.7 Å². The third-order valence-electron chi connectivity index (χ3n) is 3.44. The Balaban J connectivity index is 0.000000373. The van der Waals surface area contributed by atoms with E-state index in [2.05, 4.69) is 21.3 Å². The summed E-state index contributed by atoms with van der Waals surface area (Å²) >= 11 is 4.48. The molecule has 1 saturated carbocycles. The maximum absolute atomic E-state index is 12.4. The van der Waals surface area contributed by atoms with Gasteiger partial charge in [-0.15, -0.1) is 0 Å². The summed E-state index contributed by atoms with van der Waals surface area (Å²) in [4.78, 5) is 46.7. The molecule has 1 aromatic heterocycles. The van der Waals surface area contributed by atoms with Gasteiger partial charge in [-0.25, -0.2) is 9.59 Å². The number of hydrogen-bond donors (Lipinski definition) is 1. The molecular formula is C16H13ClF6N2O6. The zero-order valence-electron chi connectivity index (χ0n) is 15.2. The van der Waals surface area contributed by atoms with Crippen molar-refractivity contribution >= 4 is 34.7 Å². The van der Waals surface area contributed by atoms with Gasteiger partial charge in [-0.1, -0.05) is 0 Å². The highest BCUT2D eigenvalue weighted by atomic mass is 35.5. The number of carbonyl (C=O) groups excluding carboxylic acids is 3. The van der Waals surface area contributed by atoms with Gasteiger partial charge in [0.25, 0.3) is 0 Å². The molecule has 0 unspecified atom stereocenters. The first-order valence-corrected chi connectivity index (χ1v) is 8.49. The van der Waals surface area contributed by atoms with Crippen LogP contribution in [0.1, 0.15) is 24.1 Å². The van der Waals surface area contributed by atoms with Crippen LogP contribution in [-0.4, -0.2) is 56.9 Å². The van der Waals surface area contributed by atoms with Gasteiger partial charge in [0.05, 0.1) is 17.8 Å². The first-order valence-electron chi connectivity index (χ1n) is 8.11. The summed E-state index contributed by atoms with van der Waals surface area (Å²) < 4.78 is 74.3. The molecule has 0 spiro atoms. The summed E-state index contributed by atoms with van der Waals surface area (Å²) in [6, 6.07) is 1.84. The Kier molecular flexibility index (Phi) is 8.78. The van der Waals surface area contributed by atoms with Crippen molar-refractivity contribution in [3.63, 3.8) is 0 Å². The lowest BCUT2D eigenvalue weighted by Crippen LogP contribution is -2.37. The number of ether oxygens (including phenoxy) is 1. The summed E-state index contributed by atoms with van der Waals surface area (Å²) in [7, 11) is 0. The van der Waals surface area contributed by atoms with Crippen LogP contribution in [0.15, 0.2) is 18.3 Å². The Labute approximate surface area is 174 Å². The highest BCUT2D eigenvalue weighted by Gasteiger charge is 2.36. The van der Waals surface area contributed by atoms with Crippen molar-refractivity contribution in [3.8, 4) is 0 Å². The molecule has 15 heteroatoms. The first-order chi connectivity index (χ1) is 14.1. The number of alkyl halides is 6. The van der Waals surface area contributed by atoms with Crippen LogP contribution >= 0.6 is 11.6 Å². The maximum Gasteiger partial charge on any atom is 0.422 e. The molecule has 1 aliphatic carbocycles. The molecule has 1 N–H and O–H groups in total. The molecule has 31 heavy (non-hydrogen) atoms. The molecule has 0 radical (unpaired) electrons. The largest absolute Gasteiger partial charge is 0.474 e. The molecule has 0 bridgehead atoms. The van der Waals surface area contributed by atoms with Gasteiger partial charge in [-0.05, 0) is 36.6 Å². The van der Waals surface area contributed by atoms with E-state index >= 15 is 0 Å². The number of amides is 1. The number of pyridine rings is 1. The van der Waals surface area contributed by atoms with Crippen LogP contribution in [0.5, 0.6) is 0 Å². The fourth-order valence-corrected chi connectivity index (χ4v) is 1.99. The van der Waals surface area contributed by atoms with E-state index in [4.69, 9.17) is 5.11 Å². The van der Waals surface area contributed by atoms with E-state index in [1.54, 1.807) is 0 Å². The van der Waals surface area contributed by atoms with E-state index < -0.39 is 47.6 Å². The number of aromatic nitrogens is 1. The van der Waals surface area contributed by atoms with Crippen LogP contribution in [0, 0.1) is 0 Å². The van der Waals surface area contributed by atoms with Gasteiger partial charge in [-0.3, -0.25) is 14.6 Å². The first kappa shape index (κ1) is 26.1. The highest BCUT2D eigenvalue weighted by molar-refractivity contribution is 6.80. The molecule has 1 fully saturated rings. The number of hydrogen-bond acceptors (Lipinski definition) is 6. The monoisotopic (exact) mass is 478 g/mol. The van der Waals surface area contributed by atoms with Gasteiger partial charge in [0, 0.05) is 12.2 Å². The predicted octanol–water partition coefficient (Wildman–Crippen LogP) is 2.53. The molecule has 1 aromatic rings. The smallest absolute Gasteiger partial charge is 0.422 e. The van der Waals surface area contributed by atoms with E-state index in [0.29, 0.717) is 19.0 Å². The van der Waals surface area contributed by atoms with Crippen molar-refractivity contribution in [2.45, 2.75) is 37.8 Å². The molecule has 1 aliphatic rings. The lowest BCUT2D eigenvalue weighted by molar-refractivity contribution is -0.185. The fourth-order valence-electron chi connectivity index (χ4n) is 1.94. The number of carboxylic acids is 1. The fraction of sp³-hybridized carbons (Fsp3) is 0.438. The minimum Gasteiger partial charge on any atom is -0.474 e. The van der Waals surface area contributed by atoms with Gasteiger partial charge >= 0.3 is 35.4 Å². The van der Waals surface area contributed by atoms with Gasteiger partial charge in [0.1, 0.15) is 0 Å². The molecule has 172 valence electrons. The van der Waals surface area contributed by atoms with E-state index in [-0.39, 0.29) is 18.3 Å². The Hall–Kier alpha value is -2.90. The average molecular weight is 479 g/mol. The molecule has 0 aliphatic heterocycles. The minimum atomic E-state index is -4.64. The number of rotatable bonds is 5. The van der Waals surface area contributed by atoms with Crippen molar-refractivity contribution in [1.82, 2.24) is 9.88 Å². The second kappa shape index (κ2) is 10.4. The molecule has 1 amide bonds. The highest BCUT2D eigenvalue weighted by Crippen LogP contribution is 2.30. The van der Waals surface area contributed by atoms with Crippen LogP contribution in [0.2, 0.25) is 0 Å². The number of aliphatic carboxylic acids is 1. The topological polar surface area (TPSA) is 114 Å². The number of nitrogens with zero attached hydrogens (tertiary/aromatic N) is 2. The second-order valence-corrected chi connectivity index (χ2v) is 6.31. The van der Waals surface area contributed by atoms with Gasteiger partial charge in [-0.2, -0.15) is 26.3 Å². The lowest BCUT2D eigenvalue weighted by atomic mass is 10.2. The number of esters is 1. The van der Waals surface area contributed by atoms with Crippen LogP contribution < -0.4 is 0 Å². The molecule has 8 nitrogen and oxygen atoms in total. The van der Waals surface area contributed by atoms with E-state index in [0.717, 1.165) is 17.0 Å². The van der Waals surface area contributed by atoms with Crippen molar-refractivity contribution in [2.24, 2.45) is 0 Å². The molecule has 2 rings (SSSR count). The Morgan fingerprint density at radius 1 is 1.13 bits per heavy atom. The van der Waals surface area contributed by atoms with Crippen molar-refractivity contribution in [2.75, 3.05) is 6.61 Å². The van der Waals surface area contributed by atoms with Crippen LogP contribution in [0.3, 0.4) is 0 Å². The number of carbonyl (C=O) groups is 4.